The monoisotopic (exact) mass is 184 g/mol. The molecule has 1 heterocycles. The van der Waals surface area contributed by atoms with Crippen molar-refractivity contribution in [2.75, 3.05) is 0 Å². The van der Waals surface area contributed by atoms with Gasteiger partial charge in [0.15, 0.2) is 0 Å². The van der Waals surface area contributed by atoms with E-state index in [-0.39, 0.29) is 0 Å². The zero-order valence-electron chi connectivity index (χ0n) is 8.60. The largest absolute Gasteiger partial charge is 0.491 e. The third-order valence-electron chi connectivity index (χ3n) is 0.879. The van der Waals surface area contributed by atoms with Gasteiger partial charge in [0.25, 0.3) is 0 Å². The van der Waals surface area contributed by atoms with Gasteiger partial charge < -0.3 is 10.0 Å². The molecule has 0 aromatic carbocycles. The van der Waals surface area contributed by atoms with Gasteiger partial charge in [-0.15, -0.1) is 0 Å². The topological polar surface area (TPSA) is 66.2 Å². The number of hydrogen-bond donors (Lipinski definition) is 2. The van der Waals surface area contributed by atoms with E-state index in [4.69, 9.17) is 10.0 Å². The van der Waals surface area contributed by atoms with Gasteiger partial charge in [0.05, 0.1) is 0 Å². The molecule has 1 aromatic heterocycles. The number of hydrogen-bond acceptors (Lipinski definition) is 4. The van der Waals surface area contributed by atoms with Gasteiger partial charge in [-0.05, 0) is 0 Å². The highest BCUT2D eigenvalue weighted by Gasteiger charge is 2.09. The average molecular weight is 184 g/mol. The molecule has 5 heteroatoms. The molecule has 13 heavy (non-hydrogen) atoms. The lowest BCUT2D eigenvalue weighted by Crippen LogP contribution is -2.30. The normalized spacial score (nSPS) is 7.23. The van der Waals surface area contributed by atoms with Crippen molar-refractivity contribution in [2.45, 2.75) is 27.7 Å². The van der Waals surface area contributed by atoms with Crippen LogP contribution in [0.3, 0.4) is 0 Å². The lowest BCUT2D eigenvalue weighted by atomic mass is 9.83. The van der Waals surface area contributed by atoms with Crippen molar-refractivity contribution >= 4 is 12.6 Å². The maximum Gasteiger partial charge on any atom is 0.491 e. The standard InChI is InChI=1S/C4H5BN2O2.2C2H6/c8-5(9)4-1-6-3-7-2-4;2*1-2/h1-3,8-9H;2*1-2H3. The molecule has 4 nitrogen and oxygen atoms in total. The van der Waals surface area contributed by atoms with Gasteiger partial charge in [-0.25, -0.2) is 9.97 Å². The van der Waals surface area contributed by atoms with Crippen LogP contribution in [0.15, 0.2) is 18.7 Å². The molecule has 0 saturated heterocycles. The molecule has 0 bridgehead atoms. The fourth-order valence-corrected chi connectivity index (χ4v) is 0.444. The molecule has 0 unspecified atom stereocenters. The minimum atomic E-state index is -1.47. The van der Waals surface area contributed by atoms with Crippen molar-refractivity contribution in [1.82, 2.24) is 9.97 Å². The summed E-state index contributed by atoms with van der Waals surface area (Å²) >= 11 is 0. The number of rotatable bonds is 1. The molecule has 0 aliphatic rings. The molecule has 1 rings (SSSR count). The first-order valence-electron chi connectivity index (χ1n) is 4.42. The number of aromatic nitrogens is 2. The Hall–Kier alpha value is -0.935. The summed E-state index contributed by atoms with van der Waals surface area (Å²) in [4.78, 5) is 7.15. The van der Waals surface area contributed by atoms with E-state index in [1.54, 1.807) is 0 Å². The highest BCUT2D eigenvalue weighted by atomic mass is 16.4. The molecule has 0 radical (unpaired) electrons. The van der Waals surface area contributed by atoms with Gasteiger partial charge in [-0.3, -0.25) is 0 Å². The second kappa shape index (κ2) is 11.1. The molecular weight excluding hydrogens is 167 g/mol. The van der Waals surface area contributed by atoms with E-state index in [1.807, 2.05) is 27.7 Å². The van der Waals surface area contributed by atoms with Gasteiger partial charge in [0.1, 0.15) is 6.33 Å². The summed E-state index contributed by atoms with van der Waals surface area (Å²) in [6.45, 7) is 8.00. The summed E-state index contributed by atoms with van der Waals surface area (Å²) in [5.41, 5.74) is 0.303. The van der Waals surface area contributed by atoms with E-state index in [2.05, 4.69) is 9.97 Å². The molecule has 2 N–H and O–H groups in total. The molecule has 0 atom stereocenters. The van der Waals surface area contributed by atoms with E-state index >= 15 is 0 Å². The molecular formula is C8H17BN2O2. The highest BCUT2D eigenvalue weighted by molar-refractivity contribution is 6.58. The zero-order valence-corrected chi connectivity index (χ0v) is 8.60. The van der Waals surface area contributed by atoms with Gasteiger partial charge in [-0.2, -0.15) is 0 Å². The summed E-state index contributed by atoms with van der Waals surface area (Å²) in [5.74, 6) is 0. The van der Waals surface area contributed by atoms with Gasteiger partial charge in [-0.1, -0.05) is 27.7 Å². The van der Waals surface area contributed by atoms with Gasteiger partial charge >= 0.3 is 7.12 Å². The van der Waals surface area contributed by atoms with Gasteiger partial charge in [0, 0.05) is 17.9 Å². The molecule has 0 amide bonds. The smallest absolute Gasteiger partial charge is 0.423 e. The minimum absolute atomic E-state index is 0.303. The van der Waals surface area contributed by atoms with Crippen LogP contribution in [0, 0.1) is 0 Å². The molecule has 0 aliphatic heterocycles. The summed E-state index contributed by atoms with van der Waals surface area (Å²) in [6.07, 6.45) is 4.02. The van der Waals surface area contributed by atoms with Crippen LogP contribution < -0.4 is 5.46 Å². The molecule has 1 aromatic rings. The second-order valence-corrected chi connectivity index (χ2v) is 1.55. The van der Waals surface area contributed by atoms with Crippen molar-refractivity contribution in [2.24, 2.45) is 0 Å². The molecule has 0 aliphatic carbocycles. The Bertz CT molecular complexity index is 183. The first-order valence-corrected chi connectivity index (χ1v) is 4.42. The van der Waals surface area contributed by atoms with Gasteiger partial charge in [0.2, 0.25) is 0 Å². The number of nitrogens with zero attached hydrogens (tertiary/aromatic N) is 2. The SMILES string of the molecule is CC.CC.OB(O)c1cncnc1. The van der Waals surface area contributed by atoms with Crippen LogP contribution in [0.4, 0.5) is 0 Å². The Kier molecular flexibility index (Phi) is 12.4. The predicted octanol–water partition coefficient (Wildman–Crippen LogP) is 0.209. The quantitative estimate of drug-likeness (QED) is 0.612. The Morgan fingerprint density at radius 3 is 1.62 bits per heavy atom. The lowest BCUT2D eigenvalue weighted by molar-refractivity contribution is 0.425. The Morgan fingerprint density at radius 2 is 1.38 bits per heavy atom. The first kappa shape index (κ1) is 14.6. The van der Waals surface area contributed by atoms with Crippen LogP contribution in [-0.4, -0.2) is 27.1 Å². The Labute approximate surface area is 79.8 Å². The summed E-state index contributed by atoms with van der Waals surface area (Å²) in [6, 6.07) is 0. The fraction of sp³-hybridized carbons (Fsp3) is 0.500. The Morgan fingerprint density at radius 1 is 1.00 bits per heavy atom. The van der Waals surface area contributed by atoms with Crippen molar-refractivity contribution in [3.63, 3.8) is 0 Å². The summed E-state index contributed by atoms with van der Waals surface area (Å²) in [5, 5.41) is 17.0. The van der Waals surface area contributed by atoms with Crippen molar-refractivity contribution in [3.8, 4) is 0 Å². The second-order valence-electron chi connectivity index (χ2n) is 1.55. The van der Waals surface area contributed by atoms with Crippen LogP contribution in [0.25, 0.3) is 0 Å². The van der Waals surface area contributed by atoms with Crippen LogP contribution in [0.2, 0.25) is 0 Å². The van der Waals surface area contributed by atoms with Crippen LogP contribution in [0.1, 0.15) is 27.7 Å². The zero-order chi connectivity index (χ0) is 10.7. The average Bonchev–Trinajstić information content (AvgIpc) is 2.25. The van der Waals surface area contributed by atoms with Crippen molar-refractivity contribution in [3.05, 3.63) is 18.7 Å². The third-order valence-corrected chi connectivity index (χ3v) is 0.879. The van der Waals surface area contributed by atoms with E-state index < -0.39 is 7.12 Å². The maximum atomic E-state index is 8.50. The summed E-state index contributed by atoms with van der Waals surface area (Å²) < 4.78 is 0. The van der Waals surface area contributed by atoms with E-state index in [9.17, 15) is 0 Å². The highest BCUT2D eigenvalue weighted by Crippen LogP contribution is 1.72. The maximum absolute atomic E-state index is 8.50. The van der Waals surface area contributed by atoms with E-state index in [1.165, 1.54) is 18.7 Å². The lowest BCUT2D eigenvalue weighted by Gasteiger charge is -1.92. The first-order chi connectivity index (χ1) is 6.30. The van der Waals surface area contributed by atoms with Crippen molar-refractivity contribution in [1.29, 1.82) is 0 Å². The van der Waals surface area contributed by atoms with Crippen molar-refractivity contribution < 1.29 is 10.0 Å². The van der Waals surface area contributed by atoms with E-state index in [0.29, 0.717) is 5.46 Å². The van der Waals surface area contributed by atoms with Crippen LogP contribution in [-0.2, 0) is 0 Å². The summed E-state index contributed by atoms with van der Waals surface area (Å²) in [7, 11) is -1.47. The third kappa shape index (κ3) is 7.43. The van der Waals surface area contributed by atoms with Crippen LogP contribution in [0.5, 0.6) is 0 Å². The fourth-order valence-electron chi connectivity index (χ4n) is 0.444. The minimum Gasteiger partial charge on any atom is -0.423 e. The predicted molar refractivity (Wildman–Crippen MR) is 54.6 cm³/mol. The molecule has 0 saturated carbocycles. The molecule has 0 spiro atoms. The Balaban J connectivity index is 0. The van der Waals surface area contributed by atoms with E-state index in [0.717, 1.165) is 0 Å². The molecule has 74 valence electrons. The molecule has 0 fully saturated rings. The van der Waals surface area contributed by atoms with Crippen LogP contribution >= 0.6 is 0 Å².